The van der Waals surface area contributed by atoms with Crippen molar-refractivity contribution in [3.05, 3.63) is 68.0 Å². The first-order valence-corrected chi connectivity index (χ1v) is 11.9. The number of carbonyl (C=O) groups is 2. The van der Waals surface area contributed by atoms with Gasteiger partial charge in [0.2, 0.25) is 11.8 Å². The van der Waals surface area contributed by atoms with E-state index in [1.54, 1.807) is 23.2 Å². The molecule has 2 aliphatic rings. The summed E-state index contributed by atoms with van der Waals surface area (Å²) in [5.41, 5.74) is 4.20. The van der Waals surface area contributed by atoms with Crippen LogP contribution < -0.4 is 10.2 Å². The average molecular weight is 438 g/mol. The first-order valence-electron chi connectivity index (χ1n) is 10.1. The van der Waals surface area contributed by atoms with Gasteiger partial charge in [-0.2, -0.15) is 0 Å². The Morgan fingerprint density at radius 2 is 2.00 bits per heavy atom. The highest BCUT2D eigenvalue weighted by atomic mass is 32.1. The third kappa shape index (κ3) is 3.57. The van der Waals surface area contributed by atoms with Crippen molar-refractivity contribution in [3.63, 3.8) is 0 Å². The van der Waals surface area contributed by atoms with Crippen molar-refractivity contribution >= 4 is 45.9 Å². The van der Waals surface area contributed by atoms with E-state index in [1.807, 2.05) is 29.5 Å². The van der Waals surface area contributed by atoms with E-state index < -0.39 is 0 Å². The molecule has 0 bridgehead atoms. The second kappa shape index (κ2) is 7.98. The summed E-state index contributed by atoms with van der Waals surface area (Å²) in [6.07, 6.45) is 1.81. The van der Waals surface area contributed by atoms with E-state index in [2.05, 4.69) is 39.2 Å². The molecule has 1 atom stereocenters. The van der Waals surface area contributed by atoms with E-state index in [0.29, 0.717) is 13.1 Å². The van der Waals surface area contributed by atoms with Crippen LogP contribution in [-0.2, 0) is 22.4 Å². The van der Waals surface area contributed by atoms with Gasteiger partial charge in [0.25, 0.3) is 0 Å². The van der Waals surface area contributed by atoms with E-state index >= 15 is 0 Å². The standard InChI is InChI=1S/C23H23N3O2S2/c1-15(27)26-10-6-16-13-17(4-5-19(16)26)24-22(28)14-25-9-7-20-18(8-12-30-20)23(25)21-3-2-11-29-21/h2-5,8,11-13,23H,6-7,9-10,14H2,1H3,(H,24,28). The van der Waals surface area contributed by atoms with Gasteiger partial charge >= 0.3 is 0 Å². The quantitative estimate of drug-likeness (QED) is 0.662. The molecule has 0 radical (unpaired) electrons. The minimum atomic E-state index is -0.00314. The molecule has 0 saturated carbocycles. The number of anilines is 2. The lowest BCUT2D eigenvalue weighted by atomic mass is 9.98. The summed E-state index contributed by atoms with van der Waals surface area (Å²) < 4.78 is 0. The molecule has 2 aliphatic heterocycles. The molecule has 2 amide bonds. The number of nitrogens with one attached hydrogen (secondary N) is 1. The smallest absolute Gasteiger partial charge is 0.238 e. The van der Waals surface area contributed by atoms with Crippen LogP contribution in [0.4, 0.5) is 11.4 Å². The van der Waals surface area contributed by atoms with Gasteiger partial charge < -0.3 is 10.2 Å². The molecule has 154 valence electrons. The van der Waals surface area contributed by atoms with Crippen LogP contribution in [0.3, 0.4) is 0 Å². The Balaban J connectivity index is 1.32. The van der Waals surface area contributed by atoms with Crippen LogP contribution in [-0.4, -0.2) is 36.3 Å². The summed E-state index contributed by atoms with van der Waals surface area (Å²) in [5.74, 6) is 0.0552. The number of rotatable bonds is 4. The maximum atomic E-state index is 12.9. The summed E-state index contributed by atoms with van der Waals surface area (Å²) in [7, 11) is 0. The monoisotopic (exact) mass is 437 g/mol. The van der Waals surface area contributed by atoms with E-state index in [-0.39, 0.29) is 17.9 Å². The summed E-state index contributed by atoms with van der Waals surface area (Å²) in [5, 5.41) is 7.33. The highest BCUT2D eigenvalue weighted by Gasteiger charge is 2.31. The van der Waals surface area contributed by atoms with Crippen LogP contribution in [0.15, 0.2) is 47.2 Å². The van der Waals surface area contributed by atoms with Gasteiger partial charge in [0.05, 0.1) is 12.6 Å². The van der Waals surface area contributed by atoms with Gasteiger partial charge in [0.15, 0.2) is 0 Å². The fourth-order valence-corrected chi connectivity index (χ4v) is 6.29. The summed E-state index contributed by atoms with van der Waals surface area (Å²) in [6.45, 7) is 3.53. The highest BCUT2D eigenvalue weighted by Crippen LogP contribution is 2.39. The molecule has 2 aromatic heterocycles. The molecule has 1 aromatic carbocycles. The molecule has 1 N–H and O–H groups in total. The molecule has 1 unspecified atom stereocenters. The van der Waals surface area contributed by atoms with Crippen molar-refractivity contribution in [3.8, 4) is 0 Å². The fraction of sp³-hybridized carbons (Fsp3) is 0.304. The van der Waals surface area contributed by atoms with E-state index in [9.17, 15) is 9.59 Å². The zero-order chi connectivity index (χ0) is 20.7. The Morgan fingerprint density at radius 1 is 1.10 bits per heavy atom. The molecule has 5 rings (SSSR count). The zero-order valence-corrected chi connectivity index (χ0v) is 18.4. The second-order valence-corrected chi connectivity index (χ2v) is 9.73. The van der Waals surface area contributed by atoms with Crippen LogP contribution in [0.1, 0.15) is 33.8 Å². The number of fused-ring (bicyclic) bond motifs is 2. The third-order valence-electron chi connectivity index (χ3n) is 5.86. The van der Waals surface area contributed by atoms with Crippen LogP contribution in [0.5, 0.6) is 0 Å². The van der Waals surface area contributed by atoms with E-state index in [4.69, 9.17) is 0 Å². The molecule has 0 fully saturated rings. The Bertz CT molecular complexity index is 1090. The van der Waals surface area contributed by atoms with Crippen LogP contribution in [0.2, 0.25) is 0 Å². The molecular formula is C23H23N3O2S2. The van der Waals surface area contributed by atoms with Gasteiger partial charge in [-0.15, -0.1) is 22.7 Å². The summed E-state index contributed by atoms with van der Waals surface area (Å²) in [4.78, 5) is 31.4. The number of carbonyl (C=O) groups excluding carboxylic acids is 2. The van der Waals surface area contributed by atoms with Gasteiger partial charge in [-0.1, -0.05) is 6.07 Å². The number of thiophene rings is 2. The maximum Gasteiger partial charge on any atom is 0.238 e. The predicted octanol–water partition coefficient (Wildman–Crippen LogP) is 4.30. The van der Waals surface area contributed by atoms with Crippen molar-refractivity contribution in [1.82, 2.24) is 4.90 Å². The lowest BCUT2D eigenvalue weighted by Crippen LogP contribution is -2.40. The fourth-order valence-electron chi connectivity index (χ4n) is 4.51. The first-order chi connectivity index (χ1) is 14.6. The number of hydrogen-bond donors (Lipinski definition) is 1. The molecule has 0 aliphatic carbocycles. The summed E-state index contributed by atoms with van der Waals surface area (Å²) in [6, 6.07) is 12.4. The van der Waals surface area contributed by atoms with Crippen molar-refractivity contribution < 1.29 is 9.59 Å². The van der Waals surface area contributed by atoms with Gasteiger partial charge in [-0.25, -0.2) is 0 Å². The second-order valence-electron chi connectivity index (χ2n) is 7.75. The minimum Gasteiger partial charge on any atom is -0.325 e. The highest BCUT2D eigenvalue weighted by molar-refractivity contribution is 7.10. The molecule has 0 spiro atoms. The van der Waals surface area contributed by atoms with E-state index in [0.717, 1.165) is 36.3 Å². The average Bonchev–Trinajstić information content (AvgIpc) is 3.47. The van der Waals surface area contributed by atoms with Crippen molar-refractivity contribution in [1.29, 1.82) is 0 Å². The Labute approximate surface area is 183 Å². The van der Waals surface area contributed by atoms with Gasteiger partial charge in [-0.3, -0.25) is 14.5 Å². The van der Waals surface area contributed by atoms with Gasteiger partial charge in [0.1, 0.15) is 0 Å². The van der Waals surface area contributed by atoms with Crippen molar-refractivity contribution in [2.75, 3.05) is 29.9 Å². The van der Waals surface area contributed by atoms with Crippen LogP contribution in [0.25, 0.3) is 0 Å². The maximum absolute atomic E-state index is 12.9. The van der Waals surface area contributed by atoms with Crippen molar-refractivity contribution in [2.24, 2.45) is 0 Å². The largest absolute Gasteiger partial charge is 0.325 e. The van der Waals surface area contributed by atoms with Crippen LogP contribution in [0, 0.1) is 0 Å². The topological polar surface area (TPSA) is 52.7 Å². The molecular weight excluding hydrogens is 414 g/mol. The molecule has 5 nitrogen and oxygen atoms in total. The molecule has 4 heterocycles. The Hall–Kier alpha value is -2.48. The minimum absolute atomic E-state index is 0.00314. The number of nitrogens with zero attached hydrogens (tertiary/aromatic N) is 2. The zero-order valence-electron chi connectivity index (χ0n) is 16.8. The van der Waals surface area contributed by atoms with Gasteiger partial charge in [0, 0.05) is 41.1 Å². The Morgan fingerprint density at radius 3 is 2.80 bits per heavy atom. The SMILES string of the molecule is CC(=O)N1CCc2cc(NC(=O)CN3CCc4sccc4C3c3cccs3)ccc21. The van der Waals surface area contributed by atoms with Crippen molar-refractivity contribution in [2.45, 2.75) is 25.8 Å². The molecule has 7 heteroatoms. The molecule has 3 aromatic rings. The third-order valence-corrected chi connectivity index (χ3v) is 7.79. The number of hydrogen-bond acceptors (Lipinski definition) is 5. The number of benzene rings is 1. The molecule has 0 saturated heterocycles. The lowest BCUT2D eigenvalue weighted by Gasteiger charge is -2.34. The first kappa shape index (κ1) is 19.5. The van der Waals surface area contributed by atoms with E-state index in [1.165, 1.54) is 15.3 Å². The normalized spacial score (nSPS) is 18.2. The van der Waals surface area contributed by atoms with Crippen LogP contribution >= 0.6 is 22.7 Å². The summed E-state index contributed by atoms with van der Waals surface area (Å²) >= 11 is 3.56. The number of amides is 2. The van der Waals surface area contributed by atoms with Gasteiger partial charge in [-0.05, 0) is 65.1 Å². The predicted molar refractivity (Wildman–Crippen MR) is 123 cm³/mol. The Kier molecular flexibility index (Phi) is 5.18. The molecule has 30 heavy (non-hydrogen) atoms. The lowest BCUT2D eigenvalue weighted by molar-refractivity contribution is -0.118.